The van der Waals surface area contributed by atoms with Crippen LogP contribution in [-0.4, -0.2) is 36.1 Å². The molecule has 3 aromatic carbocycles. The van der Waals surface area contributed by atoms with Gasteiger partial charge in [0.05, 0.1) is 17.6 Å². The Hall–Kier alpha value is -3.70. The summed E-state index contributed by atoms with van der Waals surface area (Å²) in [7, 11) is -0.235. The maximum absolute atomic E-state index is 12.5. The van der Waals surface area contributed by atoms with Gasteiger partial charge in [-0.25, -0.2) is 13.7 Å². The minimum absolute atomic E-state index is 0.173. The summed E-state index contributed by atoms with van der Waals surface area (Å²) in [6.07, 6.45) is -4.25. The molecule has 0 aliphatic carbocycles. The Morgan fingerprint density at radius 2 is 1.64 bits per heavy atom. The molecule has 0 radical (unpaired) electrons. The van der Waals surface area contributed by atoms with E-state index in [-0.39, 0.29) is 5.56 Å². The van der Waals surface area contributed by atoms with Crippen LogP contribution in [0, 0.1) is 6.92 Å². The second-order valence-electron chi connectivity index (χ2n) is 7.60. The predicted molar refractivity (Wildman–Crippen MR) is 128 cm³/mol. The number of methoxy groups -OCH3 is 1. The highest BCUT2D eigenvalue weighted by atomic mass is 32.2. The van der Waals surface area contributed by atoms with Crippen LogP contribution < -0.4 is 14.8 Å². The number of anilines is 1. The maximum atomic E-state index is 12.5. The summed E-state index contributed by atoms with van der Waals surface area (Å²) in [5, 5.41) is 2.67. The Bertz CT molecular complexity index is 1250. The summed E-state index contributed by atoms with van der Waals surface area (Å²) in [4.78, 5) is 24.6. The van der Waals surface area contributed by atoms with Gasteiger partial charge in [0, 0.05) is 17.8 Å². The number of alkyl halides is 3. The molecule has 3 aromatic rings. The van der Waals surface area contributed by atoms with Crippen LogP contribution in [0.2, 0.25) is 0 Å². The molecule has 11 heteroatoms. The normalized spacial score (nSPS) is 12.0. The quantitative estimate of drug-likeness (QED) is 0.396. The molecule has 0 spiro atoms. The van der Waals surface area contributed by atoms with Gasteiger partial charge in [0.15, 0.2) is 0 Å². The largest absolute Gasteiger partial charge is 0.573 e. The molecule has 36 heavy (non-hydrogen) atoms. The van der Waals surface area contributed by atoms with Crippen molar-refractivity contribution in [3.63, 3.8) is 0 Å². The SMILES string of the molecule is COC(=O)c1cc(S(=O)NCCc2ccc(NC(=O)c3ccc(OC(F)(F)F)cc3)cc2)ccc1C. The molecule has 0 aliphatic heterocycles. The van der Waals surface area contributed by atoms with Gasteiger partial charge < -0.3 is 14.8 Å². The Morgan fingerprint density at radius 3 is 2.25 bits per heavy atom. The van der Waals surface area contributed by atoms with Gasteiger partial charge in [0.2, 0.25) is 0 Å². The fraction of sp³-hybridized carbons (Fsp3) is 0.200. The highest BCUT2D eigenvalue weighted by molar-refractivity contribution is 7.83. The number of esters is 1. The van der Waals surface area contributed by atoms with Gasteiger partial charge in [-0.15, -0.1) is 13.2 Å². The molecular formula is C25H23F3N2O5S. The van der Waals surface area contributed by atoms with Gasteiger partial charge >= 0.3 is 12.3 Å². The molecule has 2 N–H and O–H groups in total. The molecule has 0 bridgehead atoms. The number of nitrogens with one attached hydrogen (secondary N) is 2. The first kappa shape index (κ1) is 26.9. The molecule has 0 saturated carbocycles. The highest BCUT2D eigenvalue weighted by Gasteiger charge is 2.31. The van der Waals surface area contributed by atoms with Crippen LogP contribution in [0.15, 0.2) is 71.6 Å². The Morgan fingerprint density at radius 1 is 0.972 bits per heavy atom. The summed E-state index contributed by atoms with van der Waals surface area (Å²) in [6, 6.07) is 16.5. The maximum Gasteiger partial charge on any atom is 0.573 e. The van der Waals surface area contributed by atoms with Crippen LogP contribution in [0.1, 0.15) is 31.8 Å². The van der Waals surface area contributed by atoms with Gasteiger partial charge in [0.1, 0.15) is 16.7 Å². The lowest BCUT2D eigenvalue weighted by Crippen LogP contribution is -2.20. The fourth-order valence-electron chi connectivity index (χ4n) is 3.18. The minimum Gasteiger partial charge on any atom is -0.465 e. The molecule has 0 fully saturated rings. The van der Waals surface area contributed by atoms with Crippen molar-refractivity contribution in [2.45, 2.75) is 24.6 Å². The molecule has 1 amide bonds. The number of benzene rings is 3. The first-order chi connectivity index (χ1) is 17.1. The number of carbonyl (C=O) groups excluding carboxylic acids is 2. The molecule has 0 aromatic heterocycles. The molecule has 3 rings (SSSR count). The average molecular weight is 521 g/mol. The Labute approximate surface area is 208 Å². The number of hydrogen-bond acceptors (Lipinski definition) is 5. The van der Waals surface area contributed by atoms with Crippen molar-refractivity contribution in [3.8, 4) is 5.75 Å². The molecule has 1 unspecified atom stereocenters. The second kappa shape index (κ2) is 11.8. The van der Waals surface area contributed by atoms with E-state index in [1.165, 1.54) is 19.2 Å². The second-order valence-corrected chi connectivity index (χ2v) is 8.90. The number of carbonyl (C=O) groups is 2. The number of halogens is 3. The molecule has 7 nitrogen and oxygen atoms in total. The Balaban J connectivity index is 1.50. The summed E-state index contributed by atoms with van der Waals surface area (Å²) in [5.74, 6) is -1.39. The number of aryl methyl sites for hydroxylation is 1. The minimum atomic E-state index is -4.80. The molecule has 0 saturated heterocycles. The van der Waals surface area contributed by atoms with E-state index < -0.39 is 35.0 Å². The molecular weight excluding hydrogens is 497 g/mol. The number of rotatable bonds is 9. The van der Waals surface area contributed by atoms with Crippen LogP contribution in [0.5, 0.6) is 5.75 Å². The smallest absolute Gasteiger partial charge is 0.465 e. The zero-order chi connectivity index (χ0) is 26.3. The van der Waals surface area contributed by atoms with E-state index in [2.05, 4.69) is 14.8 Å². The van der Waals surface area contributed by atoms with Crippen molar-refractivity contribution < 1.29 is 36.4 Å². The monoisotopic (exact) mass is 520 g/mol. The van der Waals surface area contributed by atoms with Crippen molar-refractivity contribution in [1.82, 2.24) is 4.72 Å². The van der Waals surface area contributed by atoms with E-state index in [1.807, 2.05) is 0 Å². The zero-order valence-corrected chi connectivity index (χ0v) is 20.2. The van der Waals surface area contributed by atoms with Crippen molar-refractivity contribution >= 4 is 28.5 Å². The molecule has 190 valence electrons. The highest BCUT2D eigenvalue weighted by Crippen LogP contribution is 2.23. The molecule has 0 heterocycles. The van der Waals surface area contributed by atoms with Gasteiger partial charge in [-0.1, -0.05) is 18.2 Å². The third kappa shape index (κ3) is 7.65. The number of ether oxygens (including phenoxy) is 2. The lowest BCUT2D eigenvalue weighted by molar-refractivity contribution is -0.274. The van der Waals surface area contributed by atoms with Gasteiger partial charge in [-0.05, 0) is 73.0 Å². The lowest BCUT2D eigenvalue weighted by atomic mass is 10.1. The van der Waals surface area contributed by atoms with Crippen LogP contribution in [-0.2, 0) is 22.1 Å². The van der Waals surface area contributed by atoms with E-state index in [1.54, 1.807) is 49.4 Å². The third-order valence-corrected chi connectivity index (χ3v) is 6.19. The molecule has 0 aliphatic rings. The Kier molecular flexibility index (Phi) is 8.83. The fourth-order valence-corrected chi connectivity index (χ4v) is 4.05. The van der Waals surface area contributed by atoms with Crippen LogP contribution in [0.4, 0.5) is 18.9 Å². The topological polar surface area (TPSA) is 93.7 Å². The van der Waals surface area contributed by atoms with Crippen molar-refractivity contribution in [2.24, 2.45) is 0 Å². The van der Waals surface area contributed by atoms with Crippen molar-refractivity contribution in [2.75, 3.05) is 19.0 Å². The predicted octanol–water partition coefficient (Wildman–Crippen LogP) is 4.79. The standard InChI is InChI=1S/C25H23F3N2O5S/c1-16-3-12-21(15-22(16)24(32)34-2)36(33)29-14-13-17-4-8-19(9-5-17)30-23(31)18-6-10-20(11-7-18)35-25(26,27)28/h3-12,15,29H,13-14H2,1-2H3,(H,30,31). The van der Waals surface area contributed by atoms with E-state index in [4.69, 9.17) is 4.74 Å². The van der Waals surface area contributed by atoms with E-state index in [0.717, 1.165) is 23.3 Å². The number of hydrogen-bond donors (Lipinski definition) is 2. The average Bonchev–Trinajstić information content (AvgIpc) is 2.84. The third-order valence-electron chi connectivity index (χ3n) is 5.04. The summed E-state index contributed by atoms with van der Waals surface area (Å²) >= 11 is 0. The summed E-state index contributed by atoms with van der Waals surface area (Å²) in [6.45, 7) is 2.16. The van der Waals surface area contributed by atoms with Gasteiger partial charge in [-0.3, -0.25) is 4.79 Å². The van der Waals surface area contributed by atoms with Crippen LogP contribution in [0.25, 0.3) is 0 Å². The van der Waals surface area contributed by atoms with E-state index in [0.29, 0.717) is 29.1 Å². The van der Waals surface area contributed by atoms with Crippen LogP contribution in [0.3, 0.4) is 0 Å². The van der Waals surface area contributed by atoms with Crippen LogP contribution >= 0.6 is 0 Å². The van der Waals surface area contributed by atoms with Crippen molar-refractivity contribution in [3.05, 3.63) is 89.0 Å². The van der Waals surface area contributed by atoms with Crippen molar-refractivity contribution in [1.29, 1.82) is 0 Å². The first-order valence-corrected chi connectivity index (χ1v) is 11.8. The van der Waals surface area contributed by atoms with E-state index in [9.17, 15) is 27.0 Å². The molecule has 1 atom stereocenters. The zero-order valence-electron chi connectivity index (χ0n) is 19.3. The lowest BCUT2D eigenvalue weighted by Gasteiger charge is -2.10. The van der Waals surface area contributed by atoms with Gasteiger partial charge in [0.25, 0.3) is 5.91 Å². The van der Waals surface area contributed by atoms with E-state index >= 15 is 0 Å². The van der Waals surface area contributed by atoms with Gasteiger partial charge in [-0.2, -0.15) is 0 Å². The summed E-state index contributed by atoms with van der Waals surface area (Å²) < 4.78 is 60.7. The first-order valence-electron chi connectivity index (χ1n) is 10.7. The number of amides is 1. The summed E-state index contributed by atoms with van der Waals surface area (Å²) in [5.41, 5.74) is 2.68.